The van der Waals surface area contributed by atoms with Crippen molar-refractivity contribution in [3.63, 3.8) is 0 Å². The Morgan fingerprint density at radius 1 is 1.32 bits per heavy atom. The van der Waals surface area contributed by atoms with Gasteiger partial charge in [-0.05, 0) is 24.1 Å². The summed E-state index contributed by atoms with van der Waals surface area (Å²) in [4.78, 5) is 21.1. The Labute approximate surface area is 172 Å². The first kappa shape index (κ1) is 20.6. The highest BCUT2D eigenvalue weighted by atomic mass is 35.5. The number of carbonyl (C=O) groups is 1. The number of halogens is 2. The predicted molar refractivity (Wildman–Crippen MR) is 105 cm³/mol. The molecule has 0 bridgehead atoms. The van der Waals surface area contributed by atoms with Gasteiger partial charge in [0.2, 0.25) is 5.95 Å². The first-order valence-corrected chi connectivity index (χ1v) is 9.36. The molecular formula is C18H20Cl2N4O4. The fourth-order valence-corrected chi connectivity index (χ4v) is 3.92. The van der Waals surface area contributed by atoms with Crippen molar-refractivity contribution >= 4 is 35.1 Å². The lowest BCUT2D eigenvalue weighted by Gasteiger charge is -2.22. The second-order valence-electron chi connectivity index (χ2n) is 6.47. The molecule has 1 aliphatic rings. The van der Waals surface area contributed by atoms with Gasteiger partial charge in [0.05, 0.1) is 35.4 Å². The Bertz CT molecular complexity index is 827. The summed E-state index contributed by atoms with van der Waals surface area (Å²) in [5.74, 6) is -0.242. The lowest BCUT2D eigenvalue weighted by Crippen LogP contribution is -2.35. The molecule has 0 spiro atoms. The second kappa shape index (κ2) is 8.91. The minimum Gasteiger partial charge on any atom is -0.494 e. The van der Waals surface area contributed by atoms with E-state index in [4.69, 9.17) is 33.0 Å². The number of anilines is 1. The number of ether oxygens (including phenoxy) is 1. The van der Waals surface area contributed by atoms with Gasteiger partial charge in [0.1, 0.15) is 0 Å². The van der Waals surface area contributed by atoms with Gasteiger partial charge < -0.3 is 25.2 Å². The molecule has 1 saturated heterocycles. The third-order valence-corrected chi connectivity index (χ3v) is 5.19. The van der Waals surface area contributed by atoms with Gasteiger partial charge in [0.25, 0.3) is 0 Å². The van der Waals surface area contributed by atoms with Crippen molar-refractivity contribution in [2.75, 3.05) is 25.2 Å². The summed E-state index contributed by atoms with van der Waals surface area (Å²) in [6, 6.07) is 3.52. The van der Waals surface area contributed by atoms with Crippen molar-refractivity contribution in [1.29, 1.82) is 0 Å². The molecule has 2 atom stereocenters. The Kier molecular flexibility index (Phi) is 6.56. The average molecular weight is 427 g/mol. The number of aromatic nitrogens is 2. The molecule has 10 heteroatoms. The van der Waals surface area contributed by atoms with E-state index < -0.39 is 5.97 Å². The third-order valence-electron chi connectivity index (χ3n) is 4.62. The van der Waals surface area contributed by atoms with Crippen molar-refractivity contribution in [1.82, 2.24) is 15.3 Å². The Morgan fingerprint density at radius 3 is 2.50 bits per heavy atom. The van der Waals surface area contributed by atoms with Crippen molar-refractivity contribution in [3.8, 4) is 5.75 Å². The van der Waals surface area contributed by atoms with E-state index in [1.165, 1.54) is 19.5 Å². The Balaban J connectivity index is 1.66. The molecule has 3 N–H and O–H groups in total. The minimum absolute atomic E-state index is 0.0198. The van der Waals surface area contributed by atoms with Crippen LogP contribution in [0.2, 0.25) is 10.0 Å². The fraction of sp³-hybridized carbons (Fsp3) is 0.389. The SMILES string of the molecule is COc1c(Cl)cc(CNC2CC(CO)N(c3ncc(C(=O)O)cn3)C2)cc1Cl. The summed E-state index contributed by atoms with van der Waals surface area (Å²) in [6.07, 6.45) is 3.22. The molecule has 150 valence electrons. The third kappa shape index (κ3) is 4.47. The van der Waals surface area contributed by atoms with Crippen LogP contribution in [0.3, 0.4) is 0 Å². The van der Waals surface area contributed by atoms with Gasteiger partial charge in [-0.25, -0.2) is 14.8 Å². The van der Waals surface area contributed by atoms with Crippen LogP contribution in [0.1, 0.15) is 22.3 Å². The number of aromatic carboxylic acids is 1. The quantitative estimate of drug-likeness (QED) is 0.618. The first-order chi connectivity index (χ1) is 13.4. The summed E-state index contributed by atoms with van der Waals surface area (Å²) in [7, 11) is 1.51. The summed E-state index contributed by atoms with van der Waals surface area (Å²) in [5.41, 5.74) is 0.934. The lowest BCUT2D eigenvalue weighted by atomic mass is 10.1. The molecule has 0 saturated carbocycles. The number of hydrogen-bond donors (Lipinski definition) is 3. The number of carboxylic acids is 1. The van der Waals surface area contributed by atoms with Gasteiger partial charge in [-0.15, -0.1) is 0 Å². The number of hydrogen-bond acceptors (Lipinski definition) is 7. The normalized spacial score (nSPS) is 19.1. The highest BCUT2D eigenvalue weighted by molar-refractivity contribution is 6.37. The first-order valence-electron chi connectivity index (χ1n) is 8.61. The number of rotatable bonds is 7. The Morgan fingerprint density at radius 2 is 1.96 bits per heavy atom. The van der Waals surface area contributed by atoms with Crippen LogP contribution in [0.4, 0.5) is 5.95 Å². The molecule has 28 heavy (non-hydrogen) atoms. The molecule has 3 rings (SSSR count). The van der Waals surface area contributed by atoms with E-state index in [0.717, 1.165) is 5.56 Å². The number of aliphatic hydroxyl groups is 1. The monoisotopic (exact) mass is 426 g/mol. The van der Waals surface area contributed by atoms with Gasteiger partial charge in [0.15, 0.2) is 5.75 Å². The smallest absolute Gasteiger partial charge is 0.338 e. The fourth-order valence-electron chi connectivity index (χ4n) is 3.23. The van der Waals surface area contributed by atoms with E-state index in [1.807, 2.05) is 4.90 Å². The van der Waals surface area contributed by atoms with Gasteiger partial charge in [-0.2, -0.15) is 0 Å². The van der Waals surface area contributed by atoms with Crippen LogP contribution in [0.15, 0.2) is 24.5 Å². The molecule has 2 heterocycles. The molecule has 0 amide bonds. The summed E-state index contributed by atoms with van der Waals surface area (Å²) >= 11 is 12.4. The summed E-state index contributed by atoms with van der Waals surface area (Å²) in [6.45, 7) is 1.07. The maximum absolute atomic E-state index is 10.9. The van der Waals surface area contributed by atoms with Crippen LogP contribution in [0.5, 0.6) is 5.75 Å². The Hall–Kier alpha value is -2.13. The zero-order chi connectivity index (χ0) is 20.3. The standard InChI is InChI=1S/C18H20Cl2N4O4/c1-28-16-14(19)2-10(3-15(16)20)5-21-12-4-13(9-25)24(8-12)18-22-6-11(7-23-18)17(26)27/h2-3,6-7,12-13,21,25H,4-5,8-9H2,1H3,(H,26,27). The maximum Gasteiger partial charge on any atom is 0.338 e. The molecule has 0 radical (unpaired) electrons. The zero-order valence-corrected chi connectivity index (χ0v) is 16.6. The largest absolute Gasteiger partial charge is 0.494 e. The molecule has 1 aromatic carbocycles. The van der Waals surface area contributed by atoms with Crippen LogP contribution in [0.25, 0.3) is 0 Å². The molecule has 1 fully saturated rings. The van der Waals surface area contributed by atoms with Crippen LogP contribution in [0, 0.1) is 0 Å². The zero-order valence-electron chi connectivity index (χ0n) is 15.1. The molecule has 2 aromatic rings. The maximum atomic E-state index is 10.9. The van der Waals surface area contributed by atoms with Crippen LogP contribution < -0.4 is 15.0 Å². The van der Waals surface area contributed by atoms with Crippen molar-refractivity contribution < 1.29 is 19.7 Å². The van der Waals surface area contributed by atoms with Gasteiger partial charge in [0, 0.05) is 31.5 Å². The number of nitrogens with one attached hydrogen (secondary N) is 1. The van der Waals surface area contributed by atoms with Crippen LogP contribution >= 0.6 is 23.2 Å². The van der Waals surface area contributed by atoms with E-state index in [1.54, 1.807) is 12.1 Å². The lowest BCUT2D eigenvalue weighted by molar-refractivity contribution is 0.0696. The van der Waals surface area contributed by atoms with Gasteiger partial charge >= 0.3 is 5.97 Å². The highest BCUT2D eigenvalue weighted by Crippen LogP contribution is 2.34. The van der Waals surface area contributed by atoms with Crippen molar-refractivity contribution in [3.05, 3.63) is 45.7 Å². The molecular weight excluding hydrogens is 407 g/mol. The molecule has 0 aliphatic carbocycles. The van der Waals surface area contributed by atoms with Gasteiger partial charge in [-0.1, -0.05) is 23.2 Å². The van der Waals surface area contributed by atoms with E-state index in [-0.39, 0.29) is 24.3 Å². The molecule has 8 nitrogen and oxygen atoms in total. The van der Waals surface area contributed by atoms with Crippen molar-refractivity contribution in [2.24, 2.45) is 0 Å². The summed E-state index contributed by atoms with van der Waals surface area (Å²) in [5, 5.41) is 23.0. The van der Waals surface area contributed by atoms with Gasteiger partial charge in [-0.3, -0.25) is 0 Å². The average Bonchev–Trinajstić information content (AvgIpc) is 3.09. The predicted octanol–water partition coefficient (Wildman–Crippen LogP) is 2.22. The van der Waals surface area contributed by atoms with E-state index in [0.29, 0.717) is 41.3 Å². The van der Waals surface area contributed by atoms with Crippen LogP contribution in [-0.2, 0) is 6.54 Å². The molecule has 2 unspecified atom stereocenters. The number of aliphatic hydroxyl groups excluding tert-OH is 1. The van der Waals surface area contributed by atoms with E-state index in [9.17, 15) is 9.90 Å². The van der Waals surface area contributed by atoms with E-state index >= 15 is 0 Å². The number of carboxylic acid groups (broad SMARTS) is 1. The number of nitrogens with zero attached hydrogens (tertiary/aromatic N) is 3. The minimum atomic E-state index is -1.08. The van der Waals surface area contributed by atoms with E-state index in [2.05, 4.69) is 15.3 Å². The second-order valence-corrected chi connectivity index (χ2v) is 7.29. The highest BCUT2D eigenvalue weighted by Gasteiger charge is 2.33. The molecule has 1 aliphatic heterocycles. The summed E-state index contributed by atoms with van der Waals surface area (Å²) < 4.78 is 5.15. The topological polar surface area (TPSA) is 108 Å². The van der Waals surface area contributed by atoms with Crippen molar-refractivity contribution in [2.45, 2.75) is 25.0 Å². The number of benzene rings is 1. The number of methoxy groups -OCH3 is 1. The van der Waals surface area contributed by atoms with Crippen LogP contribution in [-0.4, -0.2) is 58.5 Å². The molecule has 1 aromatic heterocycles.